The molecule has 0 saturated carbocycles. The molecule has 0 aliphatic rings. The minimum atomic E-state index is -0.252. The zero-order valence-corrected chi connectivity index (χ0v) is 15.1. The van der Waals surface area contributed by atoms with Crippen molar-refractivity contribution in [3.05, 3.63) is 52.0 Å². The second-order valence-corrected chi connectivity index (χ2v) is 6.83. The number of benzene rings is 1. The van der Waals surface area contributed by atoms with Crippen molar-refractivity contribution in [2.24, 2.45) is 13.0 Å². The predicted molar refractivity (Wildman–Crippen MR) is 96.6 cm³/mol. The first-order valence-corrected chi connectivity index (χ1v) is 8.40. The van der Waals surface area contributed by atoms with Gasteiger partial charge in [0.2, 0.25) is 0 Å². The van der Waals surface area contributed by atoms with Crippen molar-refractivity contribution >= 4 is 40.1 Å². The van der Waals surface area contributed by atoms with Crippen molar-refractivity contribution in [1.82, 2.24) is 19.9 Å². The third-order valence-electron chi connectivity index (χ3n) is 4.00. The average molecular weight is 365 g/mol. The maximum absolute atomic E-state index is 12.6. The van der Waals surface area contributed by atoms with Gasteiger partial charge in [-0.1, -0.05) is 49.2 Å². The molecule has 1 aromatic carbocycles. The van der Waals surface area contributed by atoms with Gasteiger partial charge in [-0.3, -0.25) is 4.79 Å². The number of halogens is 2. The Labute approximate surface area is 150 Å². The Bertz CT molecular complexity index is 864. The fraction of sp³-hybridized carbons (Fsp3) is 0.294. The number of carbonyl (C=O) groups is 1. The molecule has 2 N–H and O–H groups in total. The van der Waals surface area contributed by atoms with E-state index in [0.717, 1.165) is 16.9 Å². The number of hydrogen-bond donors (Lipinski definition) is 2. The normalized spacial score (nSPS) is 12.8. The molecule has 5 nitrogen and oxygen atoms in total. The fourth-order valence-corrected chi connectivity index (χ4v) is 3.02. The summed E-state index contributed by atoms with van der Waals surface area (Å²) in [6.07, 6.45) is 0. The van der Waals surface area contributed by atoms with Crippen LogP contribution >= 0.6 is 23.2 Å². The van der Waals surface area contributed by atoms with Gasteiger partial charge in [-0.05, 0) is 24.1 Å². The SMILES string of the molecule is CC(C)C(NC(=O)c1cc(Cl)c(Cl)n1C)c1nc2ccccc2[nH]1. The summed E-state index contributed by atoms with van der Waals surface area (Å²) in [5.41, 5.74) is 2.22. The predicted octanol–water partition coefficient (Wildman–Crippen LogP) is 4.34. The van der Waals surface area contributed by atoms with Crippen molar-refractivity contribution in [1.29, 1.82) is 0 Å². The van der Waals surface area contributed by atoms with Crippen molar-refractivity contribution < 1.29 is 4.79 Å². The van der Waals surface area contributed by atoms with Gasteiger partial charge in [-0.25, -0.2) is 4.98 Å². The van der Waals surface area contributed by atoms with Gasteiger partial charge in [0, 0.05) is 7.05 Å². The second-order valence-electron chi connectivity index (χ2n) is 6.06. The molecule has 0 aliphatic carbocycles. The Kier molecular flexibility index (Phi) is 4.56. The maximum atomic E-state index is 12.6. The Morgan fingerprint density at radius 2 is 2.00 bits per heavy atom. The van der Waals surface area contributed by atoms with Gasteiger partial charge in [-0.2, -0.15) is 0 Å². The van der Waals surface area contributed by atoms with E-state index in [1.54, 1.807) is 17.7 Å². The molecule has 0 aliphatic heterocycles. The van der Waals surface area contributed by atoms with Gasteiger partial charge < -0.3 is 14.9 Å². The molecular weight excluding hydrogens is 347 g/mol. The summed E-state index contributed by atoms with van der Waals surface area (Å²) >= 11 is 12.0. The molecule has 0 spiro atoms. The molecular formula is C17H18Cl2N4O. The van der Waals surface area contributed by atoms with Gasteiger partial charge >= 0.3 is 0 Å². The van der Waals surface area contributed by atoms with Crippen LogP contribution in [0.1, 0.15) is 36.2 Å². The first kappa shape index (κ1) is 16.9. The van der Waals surface area contributed by atoms with E-state index >= 15 is 0 Å². The van der Waals surface area contributed by atoms with Crippen molar-refractivity contribution in [2.75, 3.05) is 0 Å². The first-order chi connectivity index (χ1) is 11.4. The van der Waals surface area contributed by atoms with E-state index in [1.807, 2.05) is 38.1 Å². The Morgan fingerprint density at radius 3 is 2.58 bits per heavy atom. The van der Waals surface area contributed by atoms with E-state index in [9.17, 15) is 4.79 Å². The highest BCUT2D eigenvalue weighted by atomic mass is 35.5. The highest BCUT2D eigenvalue weighted by molar-refractivity contribution is 6.41. The second kappa shape index (κ2) is 6.49. The van der Waals surface area contributed by atoms with Gasteiger partial charge in [0.15, 0.2) is 0 Å². The molecule has 2 aromatic heterocycles. The number of rotatable bonds is 4. The number of nitrogens with one attached hydrogen (secondary N) is 2. The number of fused-ring (bicyclic) bond motifs is 1. The van der Waals surface area contributed by atoms with Gasteiger partial charge in [0.1, 0.15) is 16.7 Å². The van der Waals surface area contributed by atoms with E-state index in [4.69, 9.17) is 23.2 Å². The summed E-state index contributed by atoms with van der Waals surface area (Å²) in [5.74, 6) is 0.636. The van der Waals surface area contributed by atoms with Gasteiger partial charge in [0.25, 0.3) is 5.91 Å². The molecule has 3 aromatic rings. The quantitative estimate of drug-likeness (QED) is 0.723. The number of nitrogens with zero attached hydrogens (tertiary/aromatic N) is 2. The number of hydrogen-bond acceptors (Lipinski definition) is 2. The van der Waals surface area contributed by atoms with Crippen LogP contribution in [0.4, 0.5) is 0 Å². The lowest BCUT2D eigenvalue weighted by Gasteiger charge is -2.20. The van der Waals surface area contributed by atoms with Crippen LogP contribution in [-0.2, 0) is 7.05 Å². The number of H-pyrrole nitrogens is 1. The van der Waals surface area contributed by atoms with Crippen LogP contribution in [0.5, 0.6) is 0 Å². The maximum Gasteiger partial charge on any atom is 0.268 e. The zero-order chi connectivity index (χ0) is 17.4. The number of amides is 1. The lowest BCUT2D eigenvalue weighted by atomic mass is 10.0. The molecule has 0 fully saturated rings. The summed E-state index contributed by atoms with van der Waals surface area (Å²) < 4.78 is 1.56. The van der Waals surface area contributed by atoms with E-state index < -0.39 is 0 Å². The third-order valence-corrected chi connectivity index (χ3v) is 4.85. The lowest BCUT2D eigenvalue weighted by Crippen LogP contribution is -2.33. The van der Waals surface area contributed by atoms with Crippen molar-refractivity contribution in [3.8, 4) is 0 Å². The molecule has 1 atom stereocenters. The Morgan fingerprint density at radius 1 is 1.29 bits per heavy atom. The van der Waals surface area contributed by atoms with Crippen LogP contribution in [-0.4, -0.2) is 20.4 Å². The highest BCUT2D eigenvalue weighted by Crippen LogP contribution is 2.27. The third kappa shape index (κ3) is 3.01. The van der Waals surface area contributed by atoms with E-state index in [2.05, 4.69) is 15.3 Å². The van der Waals surface area contributed by atoms with Gasteiger partial charge in [0.05, 0.1) is 22.1 Å². The van der Waals surface area contributed by atoms with Crippen LogP contribution in [0.2, 0.25) is 10.2 Å². The topological polar surface area (TPSA) is 62.7 Å². The van der Waals surface area contributed by atoms with E-state index in [-0.39, 0.29) is 17.9 Å². The fourth-order valence-electron chi connectivity index (χ4n) is 2.65. The Balaban J connectivity index is 1.91. The van der Waals surface area contributed by atoms with Crippen LogP contribution in [0.25, 0.3) is 11.0 Å². The van der Waals surface area contributed by atoms with Crippen molar-refractivity contribution in [2.45, 2.75) is 19.9 Å². The molecule has 126 valence electrons. The molecule has 0 saturated heterocycles. The minimum Gasteiger partial charge on any atom is -0.341 e. The monoisotopic (exact) mass is 364 g/mol. The standard InChI is InChI=1S/C17H18Cl2N4O/c1-9(2)14(16-20-11-6-4-5-7-12(11)21-16)22-17(24)13-8-10(18)15(19)23(13)3/h4-9,14H,1-3H3,(H,20,21)(H,22,24). The lowest BCUT2D eigenvalue weighted by molar-refractivity contribution is 0.0915. The Hall–Kier alpha value is -1.98. The molecule has 2 heterocycles. The number of aromatic nitrogens is 3. The van der Waals surface area contributed by atoms with E-state index in [0.29, 0.717) is 15.9 Å². The summed E-state index contributed by atoms with van der Waals surface area (Å²) in [6.45, 7) is 4.06. The van der Waals surface area contributed by atoms with Crippen LogP contribution < -0.4 is 5.32 Å². The summed E-state index contributed by atoms with van der Waals surface area (Å²) in [6, 6.07) is 9.09. The molecule has 3 rings (SSSR count). The number of para-hydroxylation sites is 2. The molecule has 7 heteroatoms. The molecule has 0 bridgehead atoms. The summed E-state index contributed by atoms with van der Waals surface area (Å²) in [5, 5.41) is 3.72. The van der Waals surface area contributed by atoms with Crippen LogP contribution in [0.3, 0.4) is 0 Å². The largest absolute Gasteiger partial charge is 0.341 e. The first-order valence-electron chi connectivity index (χ1n) is 7.64. The van der Waals surface area contributed by atoms with Gasteiger partial charge in [-0.15, -0.1) is 0 Å². The molecule has 24 heavy (non-hydrogen) atoms. The summed E-state index contributed by atoms with van der Waals surface area (Å²) in [7, 11) is 1.70. The van der Waals surface area contributed by atoms with Crippen LogP contribution in [0.15, 0.2) is 30.3 Å². The minimum absolute atomic E-state index is 0.153. The number of aromatic amines is 1. The zero-order valence-electron chi connectivity index (χ0n) is 13.6. The smallest absolute Gasteiger partial charge is 0.268 e. The molecule has 1 unspecified atom stereocenters. The van der Waals surface area contributed by atoms with Crippen LogP contribution in [0, 0.1) is 5.92 Å². The number of carbonyl (C=O) groups excluding carboxylic acids is 1. The highest BCUT2D eigenvalue weighted by Gasteiger charge is 2.24. The average Bonchev–Trinajstić information content (AvgIpc) is 3.08. The summed E-state index contributed by atoms with van der Waals surface area (Å²) in [4.78, 5) is 20.5. The van der Waals surface area contributed by atoms with E-state index in [1.165, 1.54) is 0 Å². The molecule has 0 radical (unpaired) electrons. The number of imidazole rings is 1. The molecule has 1 amide bonds. The van der Waals surface area contributed by atoms with Crippen molar-refractivity contribution in [3.63, 3.8) is 0 Å².